The van der Waals surface area contributed by atoms with Gasteiger partial charge in [0.1, 0.15) is 18.0 Å². The fourth-order valence-corrected chi connectivity index (χ4v) is 4.11. The van der Waals surface area contributed by atoms with Gasteiger partial charge in [0.15, 0.2) is 0 Å². The number of hydrogen-bond donors (Lipinski definition) is 0. The van der Waals surface area contributed by atoms with E-state index in [1.54, 1.807) is 17.0 Å². The third kappa shape index (κ3) is 3.75. The number of hydrogen-bond acceptors (Lipinski definition) is 3. The topological polar surface area (TPSA) is 32.8 Å². The van der Waals surface area contributed by atoms with Crippen LogP contribution in [-0.2, 0) is 16.1 Å². The van der Waals surface area contributed by atoms with Crippen molar-refractivity contribution in [2.75, 3.05) is 31.1 Å². The van der Waals surface area contributed by atoms with E-state index in [0.29, 0.717) is 12.2 Å². The number of ether oxygens (including phenoxy) is 1. The second-order valence-electron chi connectivity index (χ2n) is 7.82. The first-order valence-corrected chi connectivity index (χ1v) is 9.43. The number of aryl methyl sites for hydroxylation is 2. The molecule has 2 heterocycles. The maximum atomic E-state index is 13.6. The van der Waals surface area contributed by atoms with Gasteiger partial charge in [-0.25, -0.2) is 4.39 Å². The molecule has 142 valence electrons. The Morgan fingerprint density at radius 3 is 2.81 bits per heavy atom. The maximum absolute atomic E-state index is 13.6. The highest BCUT2D eigenvalue weighted by Gasteiger charge is 2.45. The molecule has 1 atom stereocenters. The summed E-state index contributed by atoms with van der Waals surface area (Å²) in [6, 6.07) is 12.8. The molecule has 0 aliphatic carbocycles. The third-order valence-corrected chi connectivity index (χ3v) is 5.66. The molecule has 0 aromatic heterocycles. The average Bonchev–Trinajstić information content (AvgIpc) is 3.03. The van der Waals surface area contributed by atoms with Gasteiger partial charge in [0.25, 0.3) is 5.91 Å². The van der Waals surface area contributed by atoms with Crippen LogP contribution in [0.25, 0.3) is 0 Å². The van der Waals surface area contributed by atoms with E-state index < -0.39 is 0 Å². The van der Waals surface area contributed by atoms with Gasteiger partial charge in [-0.05, 0) is 49.6 Å². The Hall–Kier alpha value is -2.24. The first-order valence-electron chi connectivity index (χ1n) is 9.43. The van der Waals surface area contributed by atoms with Gasteiger partial charge in [-0.15, -0.1) is 0 Å². The van der Waals surface area contributed by atoms with E-state index >= 15 is 0 Å². The molecule has 1 amide bonds. The first-order chi connectivity index (χ1) is 12.9. The first kappa shape index (κ1) is 18.1. The zero-order valence-electron chi connectivity index (χ0n) is 15.9. The number of amides is 1. The predicted molar refractivity (Wildman–Crippen MR) is 103 cm³/mol. The lowest BCUT2D eigenvalue weighted by Crippen LogP contribution is -2.56. The van der Waals surface area contributed by atoms with E-state index in [1.165, 1.54) is 28.8 Å². The van der Waals surface area contributed by atoms with Crippen LogP contribution in [-0.4, -0.2) is 42.6 Å². The van der Waals surface area contributed by atoms with Gasteiger partial charge in [-0.1, -0.05) is 29.8 Å². The van der Waals surface area contributed by atoms with Crippen molar-refractivity contribution < 1.29 is 13.9 Å². The lowest BCUT2D eigenvalue weighted by molar-refractivity contribution is -0.137. The summed E-state index contributed by atoms with van der Waals surface area (Å²) in [5, 5.41) is 0. The number of morpholine rings is 1. The van der Waals surface area contributed by atoms with Gasteiger partial charge in [0.2, 0.25) is 0 Å². The Kier molecular flexibility index (Phi) is 4.74. The molecule has 1 unspecified atom stereocenters. The Bertz CT molecular complexity index is 869. The van der Waals surface area contributed by atoms with Crippen molar-refractivity contribution in [1.82, 2.24) is 4.90 Å². The molecule has 2 aliphatic rings. The lowest BCUT2D eigenvalue weighted by Gasteiger charge is -2.40. The van der Waals surface area contributed by atoms with Crippen molar-refractivity contribution in [2.45, 2.75) is 32.4 Å². The van der Waals surface area contributed by atoms with Crippen LogP contribution < -0.4 is 4.90 Å². The molecule has 5 heteroatoms. The number of carbonyl (C=O) groups is 1. The van der Waals surface area contributed by atoms with Gasteiger partial charge >= 0.3 is 0 Å². The summed E-state index contributed by atoms with van der Waals surface area (Å²) in [6.45, 7) is 7.36. The molecule has 2 aromatic carbocycles. The van der Waals surface area contributed by atoms with Crippen molar-refractivity contribution in [3.05, 3.63) is 65.0 Å². The highest BCUT2D eigenvalue weighted by atomic mass is 19.1. The Labute approximate surface area is 159 Å². The molecule has 0 radical (unpaired) electrons. The number of rotatable bonds is 3. The summed E-state index contributed by atoms with van der Waals surface area (Å²) in [5.74, 6) is -0.442. The monoisotopic (exact) mass is 368 g/mol. The summed E-state index contributed by atoms with van der Waals surface area (Å²) in [6.07, 6.45) is 0.872. The molecule has 4 rings (SSSR count). The number of likely N-dealkylation sites (tertiary alicyclic amines) is 1. The number of benzene rings is 2. The molecule has 2 fully saturated rings. The zero-order chi connectivity index (χ0) is 19.0. The van der Waals surface area contributed by atoms with Crippen molar-refractivity contribution in [3.8, 4) is 0 Å². The van der Waals surface area contributed by atoms with Crippen molar-refractivity contribution >= 4 is 11.6 Å². The summed E-state index contributed by atoms with van der Waals surface area (Å²) in [5.41, 5.74) is 4.12. The molecule has 2 aromatic rings. The SMILES string of the molecule is Cc1ccc(C)c(CN2CCC3(C2)CN(c2cccc(F)c2)C(=O)CO3)c1. The minimum atomic E-state index is -0.377. The summed E-state index contributed by atoms with van der Waals surface area (Å²) in [4.78, 5) is 16.4. The van der Waals surface area contributed by atoms with Crippen LogP contribution in [0.1, 0.15) is 23.1 Å². The molecule has 27 heavy (non-hydrogen) atoms. The smallest absolute Gasteiger partial charge is 0.253 e. The van der Waals surface area contributed by atoms with Gasteiger partial charge < -0.3 is 9.64 Å². The quantitative estimate of drug-likeness (QED) is 0.832. The largest absolute Gasteiger partial charge is 0.362 e. The zero-order valence-corrected chi connectivity index (χ0v) is 15.9. The average molecular weight is 368 g/mol. The third-order valence-electron chi connectivity index (χ3n) is 5.66. The Morgan fingerprint density at radius 1 is 1.15 bits per heavy atom. The normalized spacial score (nSPS) is 23.4. The van der Waals surface area contributed by atoms with Gasteiger partial charge in [0, 0.05) is 25.3 Å². The number of nitrogens with zero attached hydrogens (tertiary/aromatic N) is 2. The fourth-order valence-electron chi connectivity index (χ4n) is 4.11. The van der Waals surface area contributed by atoms with Crippen LogP contribution >= 0.6 is 0 Å². The van der Waals surface area contributed by atoms with E-state index in [2.05, 4.69) is 36.9 Å². The highest BCUT2D eigenvalue weighted by molar-refractivity contribution is 5.95. The van der Waals surface area contributed by atoms with Crippen LogP contribution in [0.4, 0.5) is 10.1 Å². The van der Waals surface area contributed by atoms with Gasteiger partial charge in [0.05, 0.1) is 6.54 Å². The van der Waals surface area contributed by atoms with Crippen LogP contribution in [0.5, 0.6) is 0 Å². The van der Waals surface area contributed by atoms with Gasteiger partial charge in [-0.3, -0.25) is 9.69 Å². The number of anilines is 1. The minimum Gasteiger partial charge on any atom is -0.362 e. The van der Waals surface area contributed by atoms with E-state index in [1.807, 2.05) is 0 Å². The van der Waals surface area contributed by atoms with Crippen molar-refractivity contribution in [3.63, 3.8) is 0 Å². The number of halogens is 1. The summed E-state index contributed by atoms with van der Waals surface area (Å²) >= 11 is 0. The molecule has 0 bridgehead atoms. The molecule has 2 saturated heterocycles. The predicted octanol–water partition coefficient (Wildman–Crippen LogP) is 3.45. The standard InChI is InChI=1S/C22H25FN2O2/c1-16-6-7-17(2)18(10-16)12-24-9-8-22(14-24)15-25(21(26)13-27-22)20-5-3-4-19(23)11-20/h3-7,10-11H,8-9,12-15H2,1-2H3. The minimum absolute atomic E-state index is 0.0494. The number of carbonyl (C=O) groups excluding carboxylic acids is 1. The van der Waals surface area contributed by atoms with Crippen LogP contribution in [0.2, 0.25) is 0 Å². The Balaban J connectivity index is 1.49. The fraction of sp³-hybridized carbons (Fsp3) is 0.409. The summed E-state index contributed by atoms with van der Waals surface area (Å²) in [7, 11) is 0. The van der Waals surface area contributed by atoms with E-state index in [9.17, 15) is 9.18 Å². The molecule has 4 nitrogen and oxygen atoms in total. The van der Waals surface area contributed by atoms with E-state index in [0.717, 1.165) is 26.1 Å². The van der Waals surface area contributed by atoms with Crippen molar-refractivity contribution in [1.29, 1.82) is 0 Å². The van der Waals surface area contributed by atoms with Crippen molar-refractivity contribution in [2.24, 2.45) is 0 Å². The highest BCUT2D eigenvalue weighted by Crippen LogP contribution is 2.33. The van der Waals surface area contributed by atoms with E-state index in [-0.39, 0.29) is 23.9 Å². The Morgan fingerprint density at radius 2 is 2.00 bits per heavy atom. The van der Waals surface area contributed by atoms with Crippen LogP contribution in [0.3, 0.4) is 0 Å². The molecule has 1 spiro atoms. The van der Waals surface area contributed by atoms with E-state index in [4.69, 9.17) is 4.74 Å². The lowest BCUT2D eigenvalue weighted by atomic mass is 9.99. The second-order valence-corrected chi connectivity index (χ2v) is 7.82. The second kappa shape index (κ2) is 7.06. The van der Waals surface area contributed by atoms with Crippen LogP contribution in [0, 0.1) is 19.7 Å². The molecular weight excluding hydrogens is 343 g/mol. The maximum Gasteiger partial charge on any atom is 0.253 e. The summed E-state index contributed by atoms with van der Waals surface area (Å²) < 4.78 is 19.6. The molecule has 0 saturated carbocycles. The molecular formula is C22H25FN2O2. The molecule has 2 aliphatic heterocycles. The van der Waals surface area contributed by atoms with Crippen LogP contribution in [0.15, 0.2) is 42.5 Å². The molecule has 0 N–H and O–H groups in total. The van der Waals surface area contributed by atoms with Gasteiger partial charge in [-0.2, -0.15) is 0 Å².